The number of thiophene rings is 1. The number of aryl methyl sites for hydroxylation is 2. The molecule has 8 heteroatoms. The predicted octanol–water partition coefficient (Wildman–Crippen LogP) is 5.76. The van der Waals surface area contributed by atoms with Crippen LogP contribution < -0.4 is 10.6 Å². The molecule has 33 heavy (non-hydrogen) atoms. The lowest BCUT2D eigenvalue weighted by molar-refractivity contribution is -0.121. The molecule has 4 aromatic rings. The minimum atomic E-state index is -0.282. The van der Waals surface area contributed by atoms with Crippen molar-refractivity contribution in [3.8, 4) is 0 Å². The molecule has 1 atom stereocenters. The summed E-state index contributed by atoms with van der Waals surface area (Å²) in [4.78, 5) is 30.7. The number of furan rings is 1. The summed E-state index contributed by atoms with van der Waals surface area (Å²) in [5, 5.41) is 10.2. The molecule has 3 heterocycles. The van der Waals surface area contributed by atoms with E-state index in [0.717, 1.165) is 23.3 Å². The third kappa shape index (κ3) is 5.77. The van der Waals surface area contributed by atoms with Gasteiger partial charge in [0.05, 0.1) is 30.0 Å². The van der Waals surface area contributed by atoms with E-state index in [9.17, 15) is 9.59 Å². The standard InChI is InChI=1S/C25H25N3O3S2/c1-3-5-17-7-9-18(10-8-17)23(21-6-4-13-32-21)27-22(29)14-19-15-33-25(26-19)28-24(30)20-11-12-31-16(20)2/h4,6-13,15,23H,3,5,14H2,1-2H3,(H,27,29)(H,26,28,30). The molecule has 1 aromatic carbocycles. The quantitative estimate of drug-likeness (QED) is 0.320. The first-order valence-electron chi connectivity index (χ1n) is 10.7. The first kappa shape index (κ1) is 22.9. The van der Waals surface area contributed by atoms with E-state index < -0.39 is 0 Å². The lowest BCUT2D eigenvalue weighted by Gasteiger charge is -2.18. The maximum Gasteiger partial charge on any atom is 0.260 e. The van der Waals surface area contributed by atoms with Crippen LogP contribution in [0.15, 0.2) is 63.9 Å². The fourth-order valence-corrected chi connectivity index (χ4v) is 5.05. The van der Waals surface area contributed by atoms with Gasteiger partial charge in [-0.1, -0.05) is 43.7 Å². The van der Waals surface area contributed by atoms with Crippen molar-refractivity contribution >= 4 is 39.6 Å². The predicted molar refractivity (Wildman–Crippen MR) is 132 cm³/mol. The maximum atomic E-state index is 12.9. The van der Waals surface area contributed by atoms with Gasteiger partial charge >= 0.3 is 0 Å². The fraction of sp³-hybridized carbons (Fsp3) is 0.240. The minimum absolute atomic E-state index is 0.125. The lowest BCUT2D eigenvalue weighted by atomic mass is 10.0. The summed E-state index contributed by atoms with van der Waals surface area (Å²) >= 11 is 2.91. The monoisotopic (exact) mass is 479 g/mol. The van der Waals surface area contributed by atoms with E-state index in [1.807, 2.05) is 17.5 Å². The van der Waals surface area contributed by atoms with Gasteiger partial charge in [0.1, 0.15) is 5.76 Å². The van der Waals surface area contributed by atoms with E-state index in [1.165, 1.54) is 23.2 Å². The molecule has 0 fully saturated rings. The van der Waals surface area contributed by atoms with Crippen molar-refractivity contribution in [2.45, 2.75) is 39.2 Å². The second kappa shape index (κ2) is 10.6. The van der Waals surface area contributed by atoms with Crippen LogP contribution in [-0.2, 0) is 17.6 Å². The fourth-order valence-electron chi connectivity index (χ4n) is 3.55. The van der Waals surface area contributed by atoms with Crippen molar-refractivity contribution in [1.29, 1.82) is 0 Å². The molecule has 0 saturated carbocycles. The Morgan fingerprint density at radius 2 is 1.94 bits per heavy atom. The normalized spacial score (nSPS) is 11.8. The number of hydrogen-bond donors (Lipinski definition) is 2. The van der Waals surface area contributed by atoms with Crippen LogP contribution in [-0.4, -0.2) is 16.8 Å². The van der Waals surface area contributed by atoms with E-state index in [4.69, 9.17) is 4.42 Å². The third-order valence-electron chi connectivity index (χ3n) is 5.20. The van der Waals surface area contributed by atoms with Crippen molar-refractivity contribution < 1.29 is 14.0 Å². The zero-order valence-electron chi connectivity index (χ0n) is 18.5. The number of aromatic nitrogens is 1. The summed E-state index contributed by atoms with van der Waals surface area (Å²) in [6.45, 7) is 3.89. The van der Waals surface area contributed by atoms with Gasteiger partial charge in [-0.15, -0.1) is 22.7 Å². The van der Waals surface area contributed by atoms with Gasteiger partial charge in [0, 0.05) is 10.3 Å². The van der Waals surface area contributed by atoms with Gasteiger partial charge in [-0.05, 0) is 42.0 Å². The number of hydrogen-bond acceptors (Lipinski definition) is 6. The molecule has 0 bridgehead atoms. The zero-order chi connectivity index (χ0) is 23.2. The minimum Gasteiger partial charge on any atom is -0.469 e. The summed E-state index contributed by atoms with van der Waals surface area (Å²) in [5.41, 5.74) is 3.42. The number of rotatable bonds is 9. The number of carbonyl (C=O) groups is 2. The summed E-state index contributed by atoms with van der Waals surface area (Å²) in [6, 6.07) is 13.9. The highest BCUT2D eigenvalue weighted by Crippen LogP contribution is 2.27. The van der Waals surface area contributed by atoms with Crippen LogP contribution in [0.1, 0.15) is 57.2 Å². The average molecular weight is 480 g/mol. The van der Waals surface area contributed by atoms with Crippen LogP contribution in [0.4, 0.5) is 5.13 Å². The molecule has 6 nitrogen and oxygen atoms in total. The van der Waals surface area contributed by atoms with Gasteiger partial charge in [0.2, 0.25) is 5.91 Å². The molecule has 0 aliphatic heterocycles. The molecule has 2 N–H and O–H groups in total. The molecule has 0 aliphatic rings. The Hall–Kier alpha value is -3.23. The Labute approximate surface area is 200 Å². The highest BCUT2D eigenvalue weighted by molar-refractivity contribution is 7.14. The van der Waals surface area contributed by atoms with Crippen LogP contribution >= 0.6 is 22.7 Å². The molecule has 0 spiro atoms. The number of thiazole rings is 1. The Bertz CT molecular complexity index is 1210. The molecule has 0 aliphatic carbocycles. The maximum absolute atomic E-state index is 12.9. The van der Waals surface area contributed by atoms with Crippen LogP contribution in [0.5, 0.6) is 0 Å². The smallest absolute Gasteiger partial charge is 0.260 e. The van der Waals surface area contributed by atoms with Gasteiger partial charge in [0.25, 0.3) is 5.91 Å². The molecule has 0 saturated heterocycles. The molecule has 3 aromatic heterocycles. The Kier molecular flexibility index (Phi) is 7.36. The first-order valence-corrected chi connectivity index (χ1v) is 12.5. The third-order valence-corrected chi connectivity index (χ3v) is 6.95. The molecule has 0 radical (unpaired) electrons. The SMILES string of the molecule is CCCc1ccc(C(NC(=O)Cc2csc(NC(=O)c3ccoc3C)n2)c2cccs2)cc1. The molecule has 4 rings (SSSR count). The Balaban J connectivity index is 1.42. The van der Waals surface area contributed by atoms with Crippen LogP contribution in [0, 0.1) is 6.92 Å². The van der Waals surface area contributed by atoms with E-state index in [1.54, 1.807) is 29.7 Å². The highest BCUT2D eigenvalue weighted by atomic mass is 32.1. The van der Waals surface area contributed by atoms with E-state index in [2.05, 4.69) is 46.8 Å². The van der Waals surface area contributed by atoms with Crippen molar-refractivity contribution in [3.63, 3.8) is 0 Å². The topological polar surface area (TPSA) is 84.2 Å². The summed E-state index contributed by atoms with van der Waals surface area (Å²) in [7, 11) is 0. The second-order valence-corrected chi connectivity index (χ2v) is 9.51. The van der Waals surface area contributed by atoms with Crippen LogP contribution in [0.2, 0.25) is 0 Å². The van der Waals surface area contributed by atoms with Gasteiger partial charge in [0.15, 0.2) is 5.13 Å². The van der Waals surface area contributed by atoms with Crippen LogP contribution in [0.3, 0.4) is 0 Å². The van der Waals surface area contributed by atoms with E-state index in [-0.39, 0.29) is 24.3 Å². The Morgan fingerprint density at radius 3 is 2.61 bits per heavy atom. The van der Waals surface area contributed by atoms with Crippen molar-refractivity contribution in [1.82, 2.24) is 10.3 Å². The van der Waals surface area contributed by atoms with Crippen molar-refractivity contribution in [3.05, 3.63) is 92.5 Å². The number of benzene rings is 1. The highest BCUT2D eigenvalue weighted by Gasteiger charge is 2.19. The number of anilines is 1. The largest absolute Gasteiger partial charge is 0.469 e. The van der Waals surface area contributed by atoms with E-state index in [0.29, 0.717) is 22.1 Å². The van der Waals surface area contributed by atoms with E-state index >= 15 is 0 Å². The summed E-state index contributed by atoms with van der Waals surface area (Å²) in [6.07, 6.45) is 3.75. The lowest BCUT2D eigenvalue weighted by Crippen LogP contribution is -2.30. The molecular formula is C25H25N3O3S2. The molecule has 170 valence electrons. The van der Waals surface area contributed by atoms with Gasteiger partial charge in [-0.2, -0.15) is 0 Å². The number of nitrogens with one attached hydrogen (secondary N) is 2. The second-order valence-electron chi connectivity index (χ2n) is 7.67. The first-order chi connectivity index (χ1) is 16.0. The van der Waals surface area contributed by atoms with Gasteiger partial charge in [-0.25, -0.2) is 4.98 Å². The molecule has 1 unspecified atom stereocenters. The Morgan fingerprint density at radius 1 is 1.12 bits per heavy atom. The zero-order valence-corrected chi connectivity index (χ0v) is 20.1. The molecular weight excluding hydrogens is 454 g/mol. The van der Waals surface area contributed by atoms with Crippen molar-refractivity contribution in [2.24, 2.45) is 0 Å². The number of nitrogens with zero attached hydrogens (tertiary/aromatic N) is 1. The summed E-state index contributed by atoms with van der Waals surface area (Å²) < 4.78 is 5.17. The molecule has 2 amide bonds. The number of amides is 2. The van der Waals surface area contributed by atoms with Gasteiger partial charge in [-0.3, -0.25) is 14.9 Å². The van der Waals surface area contributed by atoms with Crippen LogP contribution in [0.25, 0.3) is 0 Å². The number of carbonyl (C=O) groups excluding carboxylic acids is 2. The van der Waals surface area contributed by atoms with Gasteiger partial charge < -0.3 is 9.73 Å². The average Bonchev–Trinajstić information content (AvgIpc) is 3.56. The van der Waals surface area contributed by atoms with Crippen molar-refractivity contribution in [2.75, 3.05) is 5.32 Å². The summed E-state index contributed by atoms with van der Waals surface area (Å²) in [5.74, 6) is 0.141.